The van der Waals surface area contributed by atoms with Crippen LogP contribution in [0.3, 0.4) is 0 Å². The molecule has 3 aliphatic carbocycles. The monoisotopic (exact) mass is 696 g/mol. The minimum absolute atomic E-state index is 0.0632. The number of Topliss-reactive ketones (excluding diaryl/α,β-unsaturated/α-hetero) is 2. The number of aromatic hydroxyl groups is 1. The predicted octanol–water partition coefficient (Wildman–Crippen LogP) is 2.99. The second-order valence-corrected chi connectivity index (χ2v) is 12.8. The molecule has 3 aromatic rings. The number of hydrogen-bond acceptors (Lipinski definition) is 12. The standard InChI is InChI=1S/C36H32N4O11/c1-39-20-9-5-8-18(12-20)16-50-34(47)38-40(35(48)51-15-17-6-3-2-4-7-17)23-10-11-24(41)26-21(23)13-19-14-22-28(39)30(43)27(33(37)46)32(45)36(22,49)31(44)25(19)29(26)42/h2-12,19,22,28,41,43-44,49H,13-16H2,1H3,(H2,37,46)(H,38,47)/t19?,22?,28-,36-/m0/s1. The summed E-state index contributed by atoms with van der Waals surface area (Å²) in [4.78, 5) is 69.1. The van der Waals surface area contributed by atoms with Crippen LogP contribution in [0, 0.1) is 11.8 Å². The molecular weight excluding hydrogens is 664 g/mol. The number of anilines is 2. The minimum atomic E-state index is -2.88. The summed E-state index contributed by atoms with van der Waals surface area (Å²) >= 11 is 0. The van der Waals surface area contributed by atoms with Gasteiger partial charge in [-0.15, -0.1) is 0 Å². The van der Waals surface area contributed by atoms with Gasteiger partial charge in [0.2, 0.25) is 5.78 Å². The number of ketones is 2. The van der Waals surface area contributed by atoms with Crippen molar-refractivity contribution in [3.8, 4) is 5.75 Å². The summed E-state index contributed by atoms with van der Waals surface area (Å²) in [6.45, 7) is -0.498. The van der Waals surface area contributed by atoms with Crippen molar-refractivity contribution in [3.63, 3.8) is 0 Å². The van der Waals surface area contributed by atoms with Crippen molar-refractivity contribution in [2.75, 3.05) is 17.0 Å². The first-order valence-corrected chi connectivity index (χ1v) is 15.9. The van der Waals surface area contributed by atoms with E-state index in [2.05, 4.69) is 5.43 Å². The number of carbonyl (C=O) groups excluding carboxylic acids is 5. The van der Waals surface area contributed by atoms with E-state index < -0.39 is 81.6 Å². The largest absolute Gasteiger partial charge is 0.509 e. The zero-order valence-electron chi connectivity index (χ0n) is 27.0. The number of phenols is 1. The van der Waals surface area contributed by atoms with Crippen LogP contribution < -0.4 is 21.1 Å². The number of fused-ring (bicyclic) bond motifs is 2. The van der Waals surface area contributed by atoms with Crippen LogP contribution in [-0.4, -0.2) is 68.8 Å². The van der Waals surface area contributed by atoms with Gasteiger partial charge in [-0.05, 0) is 59.7 Å². The van der Waals surface area contributed by atoms with E-state index in [9.17, 15) is 44.4 Å². The molecule has 4 atom stereocenters. The SMILES string of the molecule is CN1c2cccc(c2)COC(=O)NN(C(=O)OCc2ccccc2)c2ccc(O)c3c2CC2CC4[C@H]1C(O)=C(C(N)=O)C(=O)[C@@]4(O)C(O)=C2C3=O. The Morgan fingerprint density at radius 1 is 1.04 bits per heavy atom. The number of hydrogen-bond donors (Lipinski definition) is 6. The number of benzene rings is 3. The van der Waals surface area contributed by atoms with Crippen molar-refractivity contribution < 1.29 is 53.9 Å². The Morgan fingerprint density at radius 3 is 2.51 bits per heavy atom. The predicted molar refractivity (Wildman–Crippen MR) is 177 cm³/mol. The molecule has 0 saturated carbocycles. The summed E-state index contributed by atoms with van der Waals surface area (Å²) in [5, 5.41) is 47.1. The van der Waals surface area contributed by atoms with Gasteiger partial charge in [-0.2, -0.15) is 5.01 Å². The number of amides is 3. The third-order valence-electron chi connectivity index (χ3n) is 9.96. The highest BCUT2D eigenvalue weighted by atomic mass is 16.6. The molecular formula is C36H32N4O11. The van der Waals surface area contributed by atoms with Crippen LogP contribution in [0.4, 0.5) is 21.0 Å². The van der Waals surface area contributed by atoms with E-state index in [0.29, 0.717) is 16.8 Å². The quantitative estimate of drug-likeness (QED) is 0.217. The zero-order valence-corrected chi connectivity index (χ0v) is 27.0. The fourth-order valence-electron chi connectivity index (χ4n) is 7.58. The highest BCUT2D eigenvalue weighted by Crippen LogP contribution is 2.53. The Morgan fingerprint density at radius 2 is 1.78 bits per heavy atom. The highest BCUT2D eigenvalue weighted by Gasteiger charge is 2.63. The van der Waals surface area contributed by atoms with Crippen molar-refractivity contribution >= 4 is 41.0 Å². The van der Waals surface area contributed by atoms with Crippen molar-refractivity contribution in [1.82, 2.24) is 5.43 Å². The Balaban J connectivity index is 1.43. The Kier molecular flexibility index (Phi) is 7.94. The number of nitrogens with two attached hydrogens (primary N) is 1. The van der Waals surface area contributed by atoms with Gasteiger partial charge < -0.3 is 40.5 Å². The van der Waals surface area contributed by atoms with E-state index in [1.807, 2.05) is 0 Å². The zero-order chi connectivity index (χ0) is 36.4. The first-order valence-electron chi connectivity index (χ1n) is 15.9. The van der Waals surface area contributed by atoms with Gasteiger partial charge in [0.05, 0.1) is 17.3 Å². The summed E-state index contributed by atoms with van der Waals surface area (Å²) in [7, 11) is 1.53. The second kappa shape index (κ2) is 12.2. The van der Waals surface area contributed by atoms with Crippen molar-refractivity contribution in [1.29, 1.82) is 0 Å². The summed E-state index contributed by atoms with van der Waals surface area (Å²) in [5.41, 5.74) is 4.80. The van der Waals surface area contributed by atoms with Crippen molar-refractivity contribution in [3.05, 3.63) is 112 Å². The molecule has 3 amide bonds. The normalized spacial score (nSPS) is 24.3. The van der Waals surface area contributed by atoms with E-state index in [0.717, 1.165) is 11.1 Å². The molecule has 51 heavy (non-hydrogen) atoms. The molecule has 0 fully saturated rings. The summed E-state index contributed by atoms with van der Waals surface area (Å²) in [6, 6.07) is 16.3. The number of likely N-dealkylation sites (N-methyl/N-ethyl adjacent to an activating group) is 1. The topological polar surface area (TPSA) is 229 Å². The molecule has 4 aliphatic rings. The molecule has 7 N–H and O–H groups in total. The average Bonchev–Trinajstić information content (AvgIpc) is 3.10. The van der Waals surface area contributed by atoms with Crippen LogP contribution in [-0.2, 0) is 38.7 Å². The number of carbonyl (C=O) groups is 5. The second-order valence-electron chi connectivity index (χ2n) is 12.8. The van der Waals surface area contributed by atoms with E-state index in [-0.39, 0.29) is 42.9 Å². The van der Waals surface area contributed by atoms with E-state index >= 15 is 0 Å². The summed E-state index contributed by atoms with van der Waals surface area (Å²) < 4.78 is 11.0. The number of allylic oxidation sites excluding steroid dienone is 1. The summed E-state index contributed by atoms with van der Waals surface area (Å²) in [6.07, 6.45) is -2.50. The lowest BCUT2D eigenvalue weighted by molar-refractivity contribution is -0.145. The number of nitrogens with zero attached hydrogens (tertiary/aromatic N) is 2. The van der Waals surface area contributed by atoms with Crippen LogP contribution in [0.1, 0.15) is 33.5 Å². The molecule has 3 aromatic carbocycles. The van der Waals surface area contributed by atoms with Crippen LogP contribution in [0.2, 0.25) is 0 Å². The van der Waals surface area contributed by atoms with Crippen LogP contribution >= 0.6 is 0 Å². The number of primary amides is 1. The molecule has 2 unspecified atom stereocenters. The van der Waals surface area contributed by atoms with Gasteiger partial charge in [0, 0.05) is 24.2 Å². The fraction of sp³-hybridized carbons (Fsp3) is 0.250. The number of aliphatic hydroxyl groups excluding tert-OH is 2. The molecule has 0 spiro atoms. The van der Waals surface area contributed by atoms with Crippen LogP contribution in [0.15, 0.2) is 89.4 Å². The van der Waals surface area contributed by atoms with E-state index in [4.69, 9.17) is 15.2 Å². The van der Waals surface area contributed by atoms with Gasteiger partial charge in [0.1, 0.15) is 36.1 Å². The number of ether oxygens (including phenoxy) is 2. The molecule has 15 nitrogen and oxygen atoms in total. The molecule has 0 aromatic heterocycles. The van der Waals surface area contributed by atoms with Gasteiger partial charge in [0.15, 0.2) is 11.4 Å². The lowest BCUT2D eigenvalue weighted by Gasteiger charge is -2.51. The molecule has 1 aliphatic heterocycles. The number of hydrazine groups is 1. The first-order chi connectivity index (χ1) is 24.3. The van der Waals surface area contributed by atoms with Crippen LogP contribution in [0.5, 0.6) is 5.75 Å². The molecule has 5 bridgehead atoms. The number of aliphatic hydroxyl groups is 3. The minimum Gasteiger partial charge on any atom is -0.509 e. The lowest BCUT2D eigenvalue weighted by atomic mass is 9.58. The smallest absolute Gasteiger partial charge is 0.433 e. The Hall–Kier alpha value is -6.35. The van der Waals surface area contributed by atoms with Crippen LogP contribution in [0.25, 0.3) is 0 Å². The molecule has 0 radical (unpaired) electrons. The number of phenolic OH excluding ortho intramolecular Hbond substituents is 1. The van der Waals surface area contributed by atoms with Gasteiger partial charge in [0.25, 0.3) is 5.91 Å². The number of cyclic esters (lactones) is 1. The molecule has 1 heterocycles. The average molecular weight is 697 g/mol. The third kappa shape index (κ3) is 5.20. The third-order valence-corrected chi connectivity index (χ3v) is 9.96. The maximum Gasteiger partial charge on any atom is 0.433 e. The molecule has 262 valence electrons. The maximum atomic E-state index is 14.3. The lowest BCUT2D eigenvalue weighted by Crippen LogP contribution is -2.64. The van der Waals surface area contributed by atoms with Gasteiger partial charge in [-0.25, -0.2) is 15.0 Å². The molecule has 0 saturated heterocycles. The van der Waals surface area contributed by atoms with Gasteiger partial charge in [-0.1, -0.05) is 42.5 Å². The fourth-order valence-corrected chi connectivity index (χ4v) is 7.58. The van der Waals surface area contributed by atoms with Gasteiger partial charge >= 0.3 is 12.2 Å². The Bertz CT molecular complexity index is 2100. The molecule has 15 heteroatoms. The van der Waals surface area contributed by atoms with Crippen molar-refractivity contribution in [2.45, 2.75) is 37.7 Å². The molecule has 7 rings (SSSR count). The first kappa shape index (κ1) is 33.2. The maximum absolute atomic E-state index is 14.3. The van der Waals surface area contributed by atoms with E-state index in [1.165, 1.54) is 18.0 Å². The highest BCUT2D eigenvalue weighted by molar-refractivity contribution is 6.25. The Labute approximate surface area is 289 Å². The number of rotatable bonds is 3. The van der Waals surface area contributed by atoms with E-state index in [1.54, 1.807) is 54.6 Å². The van der Waals surface area contributed by atoms with Crippen molar-refractivity contribution in [2.24, 2.45) is 17.6 Å². The van der Waals surface area contributed by atoms with Gasteiger partial charge in [-0.3, -0.25) is 14.4 Å². The summed E-state index contributed by atoms with van der Waals surface area (Å²) in [5.74, 6) is -8.37. The number of nitrogens with one attached hydrogen (secondary N) is 1.